The molecule has 0 aliphatic rings. The van der Waals surface area contributed by atoms with Gasteiger partial charge in [0.05, 0.1) is 0 Å². The average molecular weight is 234 g/mol. The maximum Gasteiger partial charge on any atom is 0.167 e. The second kappa shape index (κ2) is 6.39. The smallest absolute Gasteiger partial charge is 0.167 e. The Labute approximate surface area is 107 Å². The number of carbonyl (C=O) groups is 1. The predicted octanol–water partition coefficient (Wildman–Crippen LogP) is 3.67. The molecule has 2 aromatic rings. The number of ketones is 1. The molecule has 0 saturated carbocycles. The van der Waals surface area contributed by atoms with Crippen LogP contribution in [0.2, 0.25) is 0 Å². The number of rotatable bonds is 4. The van der Waals surface area contributed by atoms with Crippen molar-refractivity contribution >= 4 is 11.9 Å². The zero-order valence-corrected chi connectivity index (χ0v) is 10.0. The van der Waals surface area contributed by atoms with Gasteiger partial charge in [-0.1, -0.05) is 60.7 Å². The first-order valence-electron chi connectivity index (χ1n) is 5.89. The Morgan fingerprint density at radius 1 is 0.944 bits per heavy atom. The van der Waals surface area contributed by atoms with E-state index < -0.39 is 0 Å². The van der Waals surface area contributed by atoms with Crippen molar-refractivity contribution < 1.29 is 4.79 Å². The summed E-state index contributed by atoms with van der Waals surface area (Å²) in [5.41, 5.74) is 4.99. The Hall–Kier alpha value is -2.37. The molecule has 0 fully saturated rings. The third-order valence-electron chi connectivity index (χ3n) is 2.52. The maximum absolute atomic E-state index is 11.7. The van der Waals surface area contributed by atoms with Gasteiger partial charge in [-0.05, 0) is 17.2 Å². The number of hydrogen-bond donors (Lipinski definition) is 0. The molecule has 1 nitrogen and oxygen atoms in total. The molecule has 0 heterocycles. The van der Waals surface area contributed by atoms with Crippen LogP contribution >= 0.6 is 0 Å². The van der Waals surface area contributed by atoms with E-state index in [-0.39, 0.29) is 5.78 Å². The molecule has 18 heavy (non-hydrogen) atoms. The summed E-state index contributed by atoms with van der Waals surface area (Å²) in [6.07, 6.45) is 3.74. The van der Waals surface area contributed by atoms with Gasteiger partial charge in [-0.15, -0.1) is 5.73 Å². The van der Waals surface area contributed by atoms with Crippen molar-refractivity contribution in [3.05, 3.63) is 83.6 Å². The van der Waals surface area contributed by atoms with Crippen molar-refractivity contribution in [2.75, 3.05) is 0 Å². The number of allylic oxidation sites excluding steroid dienone is 1. The Balaban J connectivity index is 1.98. The summed E-state index contributed by atoms with van der Waals surface area (Å²) < 4.78 is 0. The lowest BCUT2D eigenvalue weighted by Gasteiger charge is -1.94. The minimum Gasteiger partial charge on any atom is -0.294 e. The molecule has 0 N–H and O–H groups in total. The molecular formula is C17H14O. The summed E-state index contributed by atoms with van der Waals surface area (Å²) in [6.45, 7) is 0. The Bertz CT molecular complexity index is 561. The highest BCUT2D eigenvalue weighted by Crippen LogP contribution is 2.02. The van der Waals surface area contributed by atoms with E-state index in [0.717, 1.165) is 11.1 Å². The van der Waals surface area contributed by atoms with Gasteiger partial charge in [-0.3, -0.25) is 4.79 Å². The SMILES string of the molecule is O=C(C=C=Cc1ccccc1)Cc1ccccc1. The van der Waals surface area contributed by atoms with Gasteiger partial charge >= 0.3 is 0 Å². The van der Waals surface area contributed by atoms with Crippen molar-refractivity contribution in [3.63, 3.8) is 0 Å². The van der Waals surface area contributed by atoms with E-state index in [0.29, 0.717) is 6.42 Å². The fourth-order valence-corrected chi connectivity index (χ4v) is 1.63. The minimum atomic E-state index is 0.0633. The molecule has 0 aliphatic carbocycles. The van der Waals surface area contributed by atoms with Crippen LogP contribution in [0, 0.1) is 0 Å². The highest BCUT2D eigenvalue weighted by Gasteiger charge is 1.97. The Morgan fingerprint density at radius 2 is 1.56 bits per heavy atom. The van der Waals surface area contributed by atoms with Crippen molar-refractivity contribution in [1.82, 2.24) is 0 Å². The van der Waals surface area contributed by atoms with Crippen LogP contribution in [0.4, 0.5) is 0 Å². The van der Waals surface area contributed by atoms with Crippen LogP contribution in [0.5, 0.6) is 0 Å². The van der Waals surface area contributed by atoms with Gasteiger partial charge in [-0.2, -0.15) is 0 Å². The van der Waals surface area contributed by atoms with Gasteiger partial charge in [0.15, 0.2) is 5.78 Å². The second-order valence-corrected chi connectivity index (χ2v) is 3.99. The van der Waals surface area contributed by atoms with E-state index in [1.165, 1.54) is 6.08 Å². The molecule has 0 saturated heterocycles. The van der Waals surface area contributed by atoms with Crippen molar-refractivity contribution in [1.29, 1.82) is 0 Å². The van der Waals surface area contributed by atoms with Crippen LogP contribution in [-0.2, 0) is 11.2 Å². The first kappa shape index (κ1) is 12.1. The molecule has 0 radical (unpaired) electrons. The van der Waals surface area contributed by atoms with Gasteiger partial charge in [0.2, 0.25) is 0 Å². The molecule has 0 unspecified atom stereocenters. The van der Waals surface area contributed by atoms with Gasteiger partial charge < -0.3 is 0 Å². The van der Waals surface area contributed by atoms with E-state index >= 15 is 0 Å². The lowest BCUT2D eigenvalue weighted by molar-refractivity contribution is -0.114. The molecule has 0 spiro atoms. The molecule has 2 rings (SSSR count). The molecule has 0 amide bonds. The Kier molecular flexibility index (Phi) is 4.29. The van der Waals surface area contributed by atoms with Crippen molar-refractivity contribution in [2.45, 2.75) is 6.42 Å². The van der Waals surface area contributed by atoms with Crippen LogP contribution in [0.15, 0.2) is 72.5 Å². The molecular weight excluding hydrogens is 220 g/mol. The lowest BCUT2D eigenvalue weighted by atomic mass is 10.1. The first-order valence-corrected chi connectivity index (χ1v) is 5.89. The maximum atomic E-state index is 11.7. The number of benzene rings is 2. The fraction of sp³-hybridized carbons (Fsp3) is 0.0588. The Morgan fingerprint density at radius 3 is 2.22 bits per heavy atom. The standard InChI is InChI=1S/C17H14O/c18-17(14-16-10-5-2-6-11-16)13-7-12-15-8-3-1-4-9-15/h1-6,8-13H,14H2. The number of hydrogen-bond acceptors (Lipinski definition) is 1. The monoisotopic (exact) mass is 234 g/mol. The van der Waals surface area contributed by atoms with Crippen LogP contribution in [-0.4, -0.2) is 5.78 Å². The first-order chi connectivity index (χ1) is 8.84. The molecule has 0 bridgehead atoms. The summed E-state index contributed by atoms with van der Waals surface area (Å²) >= 11 is 0. The van der Waals surface area contributed by atoms with E-state index in [1.54, 1.807) is 0 Å². The zero-order chi connectivity index (χ0) is 12.6. The lowest BCUT2D eigenvalue weighted by Crippen LogP contribution is -1.97. The van der Waals surface area contributed by atoms with E-state index in [4.69, 9.17) is 0 Å². The molecule has 0 aliphatic heterocycles. The normalized spacial score (nSPS) is 9.33. The summed E-state index contributed by atoms with van der Waals surface area (Å²) in [7, 11) is 0. The predicted molar refractivity (Wildman–Crippen MR) is 74.1 cm³/mol. The number of carbonyl (C=O) groups excluding carboxylic acids is 1. The third kappa shape index (κ3) is 3.89. The van der Waals surface area contributed by atoms with Crippen LogP contribution < -0.4 is 0 Å². The minimum absolute atomic E-state index is 0.0633. The molecule has 2 aromatic carbocycles. The van der Waals surface area contributed by atoms with Crippen molar-refractivity contribution in [2.24, 2.45) is 0 Å². The summed E-state index contributed by atoms with van der Waals surface area (Å²) in [5, 5.41) is 0. The summed E-state index contributed by atoms with van der Waals surface area (Å²) in [5.74, 6) is 0.0633. The van der Waals surface area contributed by atoms with Crippen molar-refractivity contribution in [3.8, 4) is 0 Å². The second-order valence-electron chi connectivity index (χ2n) is 3.99. The van der Waals surface area contributed by atoms with Crippen LogP contribution in [0.25, 0.3) is 6.08 Å². The molecule has 0 atom stereocenters. The summed E-state index contributed by atoms with van der Waals surface area (Å²) in [6, 6.07) is 19.5. The zero-order valence-electron chi connectivity index (χ0n) is 10.0. The molecule has 0 aromatic heterocycles. The largest absolute Gasteiger partial charge is 0.294 e. The quantitative estimate of drug-likeness (QED) is 0.582. The highest BCUT2D eigenvalue weighted by molar-refractivity contribution is 5.91. The third-order valence-corrected chi connectivity index (χ3v) is 2.52. The van der Waals surface area contributed by atoms with E-state index in [2.05, 4.69) is 5.73 Å². The average Bonchev–Trinajstić information content (AvgIpc) is 2.41. The fourth-order valence-electron chi connectivity index (χ4n) is 1.63. The summed E-state index contributed by atoms with van der Waals surface area (Å²) in [4.78, 5) is 11.7. The highest BCUT2D eigenvalue weighted by atomic mass is 16.1. The van der Waals surface area contributed by atoms with Gasteiger partial charge in [0.25, 0.3) is 0 Å². The molecule has 88 valence electrons. The van der Waals surface area contributed by atoms with Crippen LogP contribution in [0.1, 0.15) is 11.1 Å². The van der Waals surface area contributed by atoms with E-state index in [1.807, 2.05) is 66.7 Å². The topological polar surface area (TPSA) is 17.1 Å². The van der Waals surface area contributed by atoms with Gasteiger partial charge in [-0.25, -0.2) is 0 Å². The van der Waals surface area contributed by atoms with Crippen LogP contribution in [0.3, 0.4) is 0 Å². The van der Waals surface area contributed by atoms with Gasteiger partial charge in [0, 0.05) is 12.5 Å². The van der Waals surface area contributed by atoms with E-state index in [9.17, 15) is 4.79 Å². The molecule has 1 heteroatoms. The van der Waals surface area contributed by atoms with Gasteiger partial charge in [0.1, 0.15) is 0 Å².